The minimum Gasteiger partial charge on any atom is -0.550 e. The van der Waals surface area contributed by atoms with Crippen LogP contribution in [0.1, 0.15) is 29.5 Å². The summed E-state index contributed by atoms with van der Waals surface area (Å²) in [6, 6.07) is 0.677. The zero-order valence-corrected chi connectivity index (χ0v) is 9.39. The molecule has 0 N–H and O–H groups in total. The number of aliphatic carboxylic acids is 1. The number of carbonyl (C=O) groups excluding carboxylic acids is 1. The van der Waals surface area contributed by atoms with Gasteiger partial charge in [0.05, 0.1) is 11.1 Å². The second kappa shape index (κ2) is 4.75. The van der Waals surface area contributed by atoms with Gasteiger partial charge in [0.25, 0.3) is 0 Å². The molecule has 0 aliphatic heterocycles. The van der Waals surface area contributed by atoms with Crippen LogP contribution in [0.4, 0.5) is 26.3 Å². The molecular weight excluding hydrogens is 278 g/mol. The smallest absolute Gasteiger partial charge is 0.416 e. The van der Waals surface area contributed by atoms with Gasteiger partial charge in [0.1, 0.15) is 0 Å². The van der Waals surface area contributed by atoms with Crippen molar-refractivity contribution in [2.75, 3.05) is 0 Å². The average molecular weight is 285 g/mol. The van der Waals surface area contributed by atoms with E-state index in [4.69, 9.17) is 0 Å². The fourth-order valence-corrected chi connectivity index (χ4v) is 1.37. The highest BCUT2D eigenvalue weighted by Crippen LogP contribution is 2.37. The third-order valence-corrected chi connectivity index (χ3v) is 2.46. The molecule has 1 unspecified atom stereocenters. The van der Waals surface area contributed by atoms with Crippen LogP contribution >= 0.6 is 0 Å². The van der Waals surface area contributed by atoms with Crippen molar-refractivity contribution in [2.24, 2.45) is 0 Å². The molecule has 0 heterocycles. The third kappa shape index (κ3) is 3.62. The molecular formula is C11H7F6O2-. The van der Waals surface area contributed by atoms with Gasteiger partial charge in [-0.15, -0.1) is 0 Å². The number of carboxylic acid groups (broad SMARTS) is 1. The zero-order valence-electron chi connectivity index (χ0n) is 9.39. The second-order valence-corrected chi connectivity index (χ2v) is 3.88. The van der Waals surface area contributed by atoms with Gasteiger partial charge in [-0.1, -0.05) is 6.92 Å². The van der Waals surface area contributed by atoms with Crippen molar-refractivity contribution in [1.29, 1.82) is 0 Å². The van der Waals surface area contributed by atoms with Crippen LogP contribution in [0.5, 0.6) is 0 Å². The monoisotopic (exact) mass is 285 g/mol. The fourth-order valence-electron chi connectivity index (χ4n) is 1.37. The first-order chi connectivity index (χ1) is 8.43. The predicted molar refractivity (Wildman–Crippen MR) is 49.9 cm³/mol. The summed E-state index contributed by atoms with van der Waals surface area (Å²) in [5.74, 6) is -3.34. The normalized spacial score (nSPS) is 14.3. The van der Waals surface area contributed by atoms with Crippen LogP contribution in [-0.4, -0.2) is 5.97 Å². The summed E-state index contributed by atoms with van der Waals surface area (Å²) >= 11 is 0. The van der Waals surface area contributed by atoms with Crippen LogP contribution in [0, 0.1) is 0 Å². The van der Waals surface area contributed by atoms with E-state index in [1.54, 1.807) is 0 Å². The van der Waals surface area contributed by atoms with Gasteiger partial charge in [-0.2, -0.15) is 26.3 Å². The Morgan fingerprint density at radius 1 is 1.00 bits per heavy atom. The number of carbonyl (C=O) groups is 1. The van der Waals surface area contributed by atoms with Crippen molar-refractivity contribution in [3.8, 4) is 0 Å². The molecule has 0 spiro atoms. The van der Waals surface area contributed by atoms with E-state index in [0.717, 1.165) is 6.92 Å². The van der Waals surface area contributed by atoms with Gasteiger partial charge in [-0.3, -0.25) is 0 Å². The van der Waals surface area contributed by atoms with Gasteiger partial charge in [-0.25, -0.2) is 0 Å². The number of carboxylic acids is 1. The van der Waals surface area contributed by atoms with Crippen LogP contribution in [-0.2, 0) is 17.1 Å². The van der Waals surface area contributed by atoms with E-state index in [1.807, 2.05) is 0 Å². The largest absolute Gasteiger partial charge is 0.550 e. The Morgan fingerprint density at radius 3 is 1.63 bits per heavy atom. The quantitative estimate of drug-likeness (QED) is 0.783. The van der Waals surface area contributed by atoms with E-state index < -0.39 is 40.9 Å². The summed E-state index contributed by atoms with van der Waals surface area (Å²) in [7, 11) is 0. The molecule has 1 aromatic carbocycles. The molecule has 0 saturated carbocycles. The van der Waals surface area contributed by atoms with Crippen LogP contribution in [0.3, 0.4) is 0 Å². The van der Waals surface area contributed by atoms with Crippen LogP contribution in [0.15, 0.2) is 18.2 Å². The first-order valence-electron chi connectivity index (χ1n) is 4.93. The minimum absolute atomic E-state index is 0.0640. The predicted octanol–water partition coefficient (Wildman–Crippen LogP) is 2.58. The Hall–Kier alpha value is -1.73. The van der Waals surface area contributed by atoms with E-state index in [2.05, 4.69) is 0 Å². The van der Waals surface area contributed by atoms with Crippen LogP contribution in [0.25, 0.3) is 0 Å². The highest BCUT2D eigenvalue weighted by molar-refractivity contribution is 5.73. The van der Waals surface area contributed by atoms with E-state index in [-0.39, 0.29) is 6.07 Å². The lowest BCUT2D eigenvalue weighted by Crippen LogP contribution is -2.28. The summed E-state index contributed by atoms with van der Waals surface area (Å²) in [6.45, 7) is 0.949. The van der Waals surface area contributed by atoms with Crippen molar-refractivity contribution < 1.29 is 36.2 Å². The fraction of sp³-hybridized carbons (Fsp3) is 0.364. The van der Waals surface area contributed by atoms with Gasteiger partial charge in [0.15, 0.2) is 0 Å². The summed E-state index contributed by atoms with van der Waals surface area (Å²) in [4.78, 5) is 10.5. The number of rotatable bonds is 2. The molecule has 0 bridgehead atoms. The summed E-state index contributed by atoms with van der Waals surface area (Å²) in [6.07, 6.45) is -10.00. The van der Waals surface area contributed by atoms with Gasteiger partial charge in [0.2, 0.25) is 0 Å². The van der Waals surface area contributed by atoms with Gasteiger partial charge >= 0.3 is 12.4 Å². The summed E-state index contributed by atoms with van der Waals surface area (Å²) < 4.78 is 74.8. The number of hydrogen-bond donors (Lipinski definition) is 0. The molecule has 1 atom stereocenters. The maximum atomic E-state index is 12.5. The van der Waals surface area contributed by atoms with Crippen molar-refractivity contribution in [2.45, 2.75) is 25.2 Å². The SMILES string of the molecule is CC(C(=O)[O-])c1cc(C(F)(F)F)cc(C(F)(F)F)c1. The third-order valence-electron chi connectivity index (χ3n) is 2.46. The molecule has 19 heavy (non-hydrogen) atoms. The lowest BCUT2D eigenvalue weighted by molar-refractivity contribution is -0.307. The molecule has 106 valence electrons. The maximum Gasteiger partial charge on any atom is 0.416 e. The first-order valence-corrected chi connectivity index (χ1v) is 4.93. The van der Waals surface area contributed by atoms with E-state index in [9.17, 15) is 36.2 Å². The van der Waals surface area contributed by atoms with Crippen molar-refractivity contribution in [1.82, 2.24) is 0 Å². The van der Waals surface area contributed by atoms with E-state index >= 15 is 0 Å². The standard InChI is InChI=1S/C11H8F6O2/c1-5(9(18)19)6-2-7(10(12,13)14)4-8(3-6)11(15,16)17/h2-5H,1H3,(H,18,19)/p-1. The summed E-state index contributed by atoms with van der Waals surface area (Å²) in [5, 5.41) is 10.5. The van der Waals surface area contributed by atoms with Crippen LogP contribution < -0.4 is 5.11 Å². The number of hydrogen-bond acceptors (Lipinski definition) is 2. The second-order valence-electron chi connectivity index (χ2n) is 3.88. The average Bonchev–Trinajstić information content (AvgIpc) is 2.24. The molecule has 0 aliphatic rings. The highest BCUT2D eigenvalue weighted by Gasteiger charge is 2.37. The molecule has 0 radical (unpaired) electrons. The lowest BCUT2D eigenvalue weighted by Gasteiger charge is -2.18. The maximum absolute atomic E-state index is 12.5. The molecule has 1 rings (SSSR count). The Kier molecular flexibility index (Phi) is 3.83. The highest BCUT2D eigenvalue weighted by atomic mass is 19.4. The van der Waals surface area contributed by atoms with Gasteiger partial charge in [0, 0.05) is 11.9 Å². The van der Waals surface area contributed by atoms with E-state index in [0.29, 0.717) is 12.1 Å². The Bertz CT molecular complexity index is 457. The molecule has 0 saturated heterocycles. The van der Waals surface area contributed by atoms with Crippen molar-refractivity contribution in [3.05, 3.63) is 34.9 Å². The molecule has 0 aromatic heterocycles. The zero-order chi connectivity index (χ0) is 15.0. The Morgan fingerprint density at radius 2 is 1.37 bits per heavy atom. The Labute approximate surface area is 103 Å². The lowest BCUT2D eigenvalue weighted by atomic mass is 9.96. The number of benzene rings is 1. The van der Waals surface area contributed by atoms with Crippen molar-refractivity contribution in [3.63, 3.8) is 0 Å². The Balaban J connectivity index is 3.45. The molecule has 0 aliphatic carbocycles. The minimum atomic E-state index is -5.00. The number of alkyl halides is 6. The molecule has 1 aromatic rings. The van der Waals surface area contributed by atoms with E-state index in [1.165, 1.54) is 0 Å². The molecule has 0 amide bonds. The van der Waals surface area contributed by atoms with Gasteiger partial charge < -0.3 is 9.90 Å². The molecule has 2 nitrogen and oxygen atoms in total. The van der Waals surface area contributed by atoms with Crippen LogP contribution in [0.2, 0.25) is 0 Å². The topological polar surface area (TPSA) is 40.1 Å². The van der Waals surface area contributed by atoms with Crippen molar-refractivity contribution >= 4 is 5.97 Å². The first kappa shape index (κ1) is 15.3. The molecule has 8 heteroatoms. The summed E-state index contributed by atoms with van der Waals surface area (Å²) in [5.41, 5.74) is -3.71. The van der Waals surface area contributed by atoms with Gasteiger partial charge in [-0.05, 0) is 23.8 Å². The molecule has 0 fully saturated rings. The number of halogens is 6.